The number of hydrogen-bond acceptors (Lipinski definition) is 4. The van der Waals surface area contributed by atoms with Crippen LogP contribution in [0.3, 0.4) is 0 Å². The zero-order chi connectivity index (χ0) is 18.4. The van der Waals surface area contributed by atoms with Crippen LogP contribution in [-0.2, 0) is 12.8 Å². The van der Waals surface area contributed by atoms with Gasteiger partial charge in [0.25, 0.3) is 5.91 Å². The minimum atomic E-state index is -0.165. The van der Waals surface area contributed by atoms with Gasteiger partial charge in [0.1, 0.15) is 17.3 Å². The second kappa shape index (κ2) is 8.60. The molecule has 5 nitrogen and oxygen atoms in total. The van der Waals surface area contributed by atoms with Crippen molar-refractivity contribution in [3.8, 4) is 0 Å². The highest BCUT2D eigenvalue weighted by Crippen LogP contribution is 2.26. The average Bonchev–Trinajstić information content (AvgIpc) is 2.59. The Hall–Kier alpha value is -2.43. The molecule has 0 radical (unpaired) electrons. The SMILES string of the molecule is CCc1cccc(CC)c1Nc1cc(C(=O)NCC(C)C)nc(C)n1. The summed E-state index contributed by atoms with van der Waals surface area (Å²) in [7, 11) is 0. The maximum absolute atomic E-state index is 12.3. The van der Waals surface area contributed by atoms with Gasteiger partial charge in [0.2, 0.25) is 0 Å². The Morgan fingerprint density at radius 3 is 2.32 bits per heavy atom. The molecule has 2 N–H and O–H groups in total. The number of para-hydroxylation sites is 1. The first-order chi connectivity index (χ1) is 11.9. The van der Waals surface area contributed by atoms with E-state index < -0.39 is 0 Å². The Labute approximate surface area is 150 Å². The van der Waals surface area contributed by atoms with Crippen LogP contribution >= 0.6 is 0 Å². The average molecular weight is 340 g/mol. The number of rotatable bonds is 7. The summed E-state index contributed by atoms with van der Waals surface area (Å²) in [6.45, 7) is 10.8. The van der Waals surface area contributed by atoms with E-state index in [9.17, 15) is 4.79 Å². The van der Waals surface area contributed by atoms with E-state index in [1.54, 1.807) is 13.0 Å². The zero-order valence-electron chi connectivity index (χ0n) is 15.8. The summed E-state index contributed by atoms with van der Waals surface area (Å²) in [6.07, 6.45) is 1.87. The van der Waals surface area contributed by atoms with Crippen LogP contribution < -0.4 is 10.6 Å². The Kier molecular flexibility index (Phi) is 6.51. The Morgan fingerprint density at radius 2 is 1.76 bits per heavy atom. The fourth-order valence-electron chi connectivity index (χ4n) is 2.67. The fourth-order valence-corrected chi connectivity index (χ4v) is 2.67. The van der Waals surface area contributed by atoms with Crippen molar-refractivity contribution in [3.63, 3.8) is 0 Å². The predicted octanol–water partition coefficient (Wildman–Crippen LogP) is 4.04. The number of amides is 1. The molecule has 0 fully saturated rings. The normalized spacial score (nSPS) is 10.8. The molecule has 1 heterocycles. The molecule has 134 valence electrons. The molecule has 0 aliphatic rings. The van der Waals surface area contributed by atoms with Crippen LogP contribution in [0, 0.1) is 12.8 Å². The molecule has 5 heteroatoms. The van der Waals surface area contributed by atoms with Crippen LogP contribution in [0.2, 0.25) is 0 Å². The van der Waals surface area contributed by atoms with Gasteiger partial charge in [-0.3, -0.25) is 4.79 Å². The second-order valence-corrected chi connectivity index (χ2v) is 6.57. The van der Waals surface area contributed by atoms with Crippen LogP contribution in [0.5, 0.6) is 0 Å². The maximum Gasteiger partial charge on any atom is 0.270 e. The second-order valence-electron chi connectivity index (χ2n) is 6.57. The highest BCUT2D eigenvalue weighted by atomic mass is 16.1. The number of carbonyl (C=O) groups excluding carboxylic acids is 1. The number of anilines is 2. The fraction of sp³-hybridized carbons (Fsp3) is 0.450. The van der Waals surface area contributed by atoms with Crippen molar-refractivity contribution in [2.45, 2.75) is 47.5 Å². The van der Waals surface area contributed by atoms with Gasteiger partial charge in [-0.1, -0.05) is 45.9 Å². The van der Waals surface area contributed by atoms with E-state index in [1.807, 2.05) is 0 Å². The van der Waals surface area contributed by atoms with Gasteiger partial charge in [-0.2, -0.15) is 0 Å². The van der Waals surface area contributed by atoms with Crippen LogP contribution in [0.4, 0.5) is 11.5 Å². The number of nitrogens with one attached hydrogen (secondary N) is 2. The van der Waals surface area contributed by atoms with Gasteiger partial charge in [-0.05, 0) is 36.8 Å². The number of carbonyl (C=O) groups is 1. The summed E-state index contributed by atoms with van der Waals surface area (Å²) in [5.41, 5.74) is 3.95. The van der Waals surface area contributed by atoms with Gasteiger partial charge in [0.05, 0.1) is 0 Å². The largest absolute Gasteiger partial charge is 0.350 e. The molecule has 0 atom stereocenters. The molecule has 0 saturated carbocycles. The van der Waals surface area contributed by atoms with E-state index in [0.29, 0.717) is 29.8 Å². The quantitative estimate of drug-likeness (QED) is 0.798. The first-order valence-corrected chi connectivity index (χ1v) is 8.96. The van der Waals surface area contributed by atoms with Crippen LogP contribution in [0.15, 0.2) is 24.3 Å². The van der Waals surface area contributed by atoms with E-state index in [4.69, 9.17) is 0 Å². The van der Waals surface area contributed by atoms with E-state index >= 15 is 0 Å². The van der Waals surface area contributed by atoms with Gasteiger partial charge < -0.3 is 10.6 Å². The third-order valence-electron chi connectivity index (χ3n) is 3.99. The minimum absolute atomic E-state index is 0.165. The number of aromatic nitrogens is 2. The molecule has 0 spiro atoms. The van der Waals surface area contributed by atoms with E-state index in [-0.39, 0.29) is 5.91 Å². The maximum atomic E-state index is 12.3. The number of aryl methyl sites for hydroxylation is 3. The molecule has 1 aromatic carbocycles. The number of nitrogens with zero attached hydrogens (tertiary/aromatic N) is 2. The van der Waals surface area contributed by atoms with Crippen molar-refractivity contribution < 1.29 is 4.79 Å². The van der Waals surface area contributed by atoms with Crippen molar-refractivity contribution in [2.24, 2.45) is 5.92 Å². The lowest BCUT2D eigenvalue weighted by molar-refractivity contribution is 0.0943. The Bertz CT molecular complexity index is 718. The standard InChI is InChI=1S/C20H28N4O/c1-6-15-9-8-10-16(7-2)19(15)24-18-11-17(22-14(5)23-18)20(25)21-12-13(3)4/h8-11,13H,6-7,12H2,1-5H3,(H,21,25)(H,22,23,24). The summed E-state index contributed by atoms with van der Waals surface area (Å²) < 4.78 is 0. The number of benzene rings is 1. The minimum Gasteiger partial charge on any atom is -0.350 e. The van der Waals surface area contributed by atoms with Gasteiger partial charge >= 0.3 is 0 Å². The lowest BCUT2D eigenvalue weighted by Crippen LogP contribution is -2.28. The lowest BCUT2D eigenvalue weighted by atomic mass is 10.0. The molecule has 0 bridgehead atoms. The molecule has 0 saturated heterocycles. The Morgan fingerprint density at radius 1 is 1.12 bits per heavy atom. The van der Waals surface area contributed by atoms with Crippen LogP contribution in [-0.4, -0.2) is 22.4 Å². The highest BCUT2D eigenvalue weighted by Gasteiger charge is 2.13. The highest BCUT2D eigenvalue weighted by molar-refractivity contribution is 5.93. The van der Waals surface area contributed by atoms with Gasteiger partial charge in [0, 0.05) is 18.3 Å². The van der Waals surface area contributed by atoms with Crippen molar-refractivity contribution in [1.82, 2.24) is 15.3 Å². The smallest absolute Gasteiger partial charge is 0.270 e. The topological polar surface area (TPSA) is 66.9 Å². The predicted molar refractivity (Wildman–Crippen MR) is 102 cm³/mol. The third-order valence-corrected chi connectivity index (χ3v) is 3.99. The van der Waals surface area contributed by atoms with Crippen LogP contribution in [0.25, 0.3) is 0 Å². The summed E-state index contributed by atoms with van der Waals surface area (Å²) in [4.78, 5) is 21.1. The van der Waals surface area contributed by atoms with Crippen molar-refractivity contribution in [1.29, 1.82) is 0 Å². The van der Waals surface area contributed by atoms with Crippen molar-refractivity contribution in [3.05, 3.63) is 46.9 Å². The molecule has 2 rings (SSSR count). The Balaban J connectivity index is 2.31. The zero-order valence-corrected chi connectivity index (χ0v) is 15.8. The van der Waals surface area contributed by atoms with Crippen molar-refractivity contribution in [2.75, 3.05) is 11.9 Å². The molecule has 0 aliphatic carbocycles. The van der Waals surface area contributed by atoms with Gasteiger partial charge in [0.15, 0.2) is 0 Å². The first-order valence-electron chi connectivity index (χ1n) is 8.96. The molecular formula is C20H28N4O. The van der Waals surface area contributed by atoms with E-state index in [1.165, 1.54) is 11.1 Å². The molecule has 1 amide bonds. The molecule has 0 aliphatic heterocycles. The van der Waals surface area contributed by atoms with E-state index in [2.05, 4.69) is 66.5 Å². The number of hydrogen-bond donors (Lipinski definition) is 2. The summed E-state index contributed by atoms with van der Waals surface area (Å²) in [5, 5.41) is 6.32. The molecule has 25 heavy (non-hydrogen) atoms. The van der Waals surface area contributed by atoms with Crippen LogP contribution in [0.1, 0.15) is 55.1 Å². The van der Waals surface area contributed by atoms with Gasteiger partial charge in [-0.15, -0.1) is 0 Å². The summed E-state index contributed by atoms with van der Waals surface area (Å²) in [5.74, 6) is 1.46. The first kappa shape index (κ1) is 18.9. The van der Waals surface area contributed by atoms with Crippen molar-refractivity contribution >= 4 is 17.4 Å². The molecule has 2 aromatic rings. The third kappa shape index (κ3) is 5.02. The van der Waals surface area contributed by atoms with E-state index in [0.717, 1.165) is 18.5 Å². The molecule has 1 aromatic heterocycles. The summed E-state index contributed by atoms with van der Waals surface area (Å²) in [6, 6.07) is 8.03. The van der Waals surface area contributed by atoms with Gasteiger partial charge in [-0.25, -0.2) is 9.97 Å². The molecular weight excluding hydrogens is 312 g/mol. The monoisotopic (exact) mass is 340 g/mol. The summed E-state index contributed by atoms with van der Waals surface area (Å²) >= 11 is 0. The molecule has 0 unspecified atom stereocenters. The lowest BCUT2D eigenvalue weighted by Gasteiger charge is -2.16.